The predicted molar refractivity (Wildman–Crippen MR) is 82.7 cm³/mol. The number of rotatable bonds is 5. The lowest BCUT2D eigenvalue weighted by Gasteiger charge is -2.16. The van der Waals surface area contributed by atoms with E-state index < -0.39 is 0 Å². The summed E-state index contributed by atoms with van der Waals surface area (Å²) in [5, 5.41) is 0.364. The standard InChI is InChI=1S/C15H19FN2OS/c1-3-4-5-9-18(2)15(19)14-13(17)12-10(16)7-6-8-11(12)20-14/h6-8H,3-5,9,17H2,1-2H3. The predicted octanol–water partition coefficient (Wildman–Crippen LogP) is 3.88. The van der Waals surface area contributed by atoms with Gasteiger partial charge in [0.1, 0.15) is 10.7 Å². The van der Waals surface area contributed by atoms with Crippen molar-refractivity contribution < 1.29 is 9.18 Å². The molecular weight excluding hydrogens is 275 g/mol. The van der Waals surface area contributed by atoms with E-state index in [1.54, 1.807) is 24.1 Å². The summed E-state index contributed by atoms with van der Waals surface area (Å²) in [6.07, 6.45) is 3.17. The van der Waals surface area contributed by atoms with Crippen LogP contribution in [0, 0.1) is 5.82 Å². The Morgan fingerprint density at radius 1 is 1.40 bits per heavy atom. The second-order valence-corrected chi connectivity index (χ2v) is 5.94. The van der Waals surface area contributed by atoms with E-state index in [0.717, 1.165) is 19.3 Å². The second-order valence-electron chi connectivity index (χ2n) is 4.89. The Bertz CT molecular complexity index is 624. The van der Waals surface area contributed by atoms with Gasteiger partial charge in [-0.05, 0) is 18.6 Å². The molecule has 0 spiro atoms. The van der Waals surface area contributed by atoms with Crippen LogP contribution < -0.4 is 5.73 Å². The molecule has 2 aromatic rings. The summed E-state index contributed by atoms with van der Waals surface area (Å²) in [5.74, 6) is -0.497. The van der Waals surface area contributed by atoms with Gasteiger partial charge in [-0.2, -0.15) is 0 Å². The molecule has 108 valence electrons. The summed E-state index contributed by atoms with van der Waals surface area (Å²) in [5.41, 5.74) is 6.22. The highest BCUT2D eigenvalue weighted by atomic mass is 32.1. The highest BCUT2D eigenvalue weighted by Crippen LogP contribution is 2.35. The molecule has 20 heavy (non-hydrogen) atoms. The average molecular weight is 294 g/mol. The van der Waals surface area contributed by atoms with Crippen LogP contribution >= 0.6 is 11.3 Å². The smallest absolute Gasteiger partial charge is 0.265 e. The summed E-state index contributed by atoms with van der Waals surface area (Å²) in [6.45, 7) is 2.82. The topological polar surface area (TPSA) is 46.3 Å². The first-order valence-electron chi connectivity index (χ1n) is 6.78. The average Bonchev–Trinajstić information content (AvgIpc) is 2.76. The summed E-state index contributed by atoms with van der Waals surface area (Å²) >= 11 is 1.26. The number of carbonyl (C=O) groups is 1. The Labute approximate surface area is 122 Å². The molecule has 3 nitrogen and oxygen atoms in total. The summed E-state index contributed by atoms with van der Waals surface area (Å²) in [4.78, 5) is 14.5. The van der Waals surface area contributed by atoms with Gasteiger partial charge in [0.15, 0.2) is 0 Å². The number of thiophene rings is 1. The fourth-order valence-corrected chi connectivity index (χ4v) is 3.29. The molecule has 0 aliphatic carbocycles. The number of unbranched alkanes of at least 4 members (excludes halogenated alkanes) is 2. The quantitative estimate of drug-likeness (QED) is 0.850. The molecular formula is C15H19FN2OS. The lowest BCUT2D eigenvalue weighted by Crippen LogP contribution is -2.27. The van der Waals surface area contributed by atoms with Gasteiger partial charge in [-0.25, -0.2) is 4.39 Å². The summed E-state index contributed by atoms with van der Waals surface area (Å²) in [6, 6.07) is 4.78. The number of nitrogens with two attached hydrogens (primary N) is 1. The lowest BCUT2D eigenvalue weighted by molar-refractivity contribution is 0.0798. The van der Waals surface area contributed by atoms with Crippen molar-refractivity contribution in [3.05, 3.63) is 28.9 Å². The van der Waals surface area contributed by atoms with Crippen molar-refractivity contribution in [2.24, 2.45) is 0 Å². The van der Waals surface area contributed by atoms with Gasteiger partial charge in [0.05, 0.1) is 11.1 Å². The SMILES string of the molecule is CCCCCN(C)C(=O)c1sc2cccc(F)c2c1N. The van der Waals surface area contributed by atoms with E-state index in [0.29, 0.717) is 21.5 Å². The number of hydrogen-bond acceptors (Lipinski definition) is 3. The Kier molecular flexibility index (Phi) is 4.60. The van der Waals surface area contributed by atoms with Gasteiger partial charge in [-0.1, -0.05) is 25.8 Å². The number of carbonyl (C=O) groups excluding carboxylic acids is 1. The first-order chi connectivity index (χ1) is 9.56. The van der Waals surface area contributed by atoms with Crippen molar-refractivity contribution in [3.63, 3.8) is 0 Å². The molecule has 1 aromatic carbocycles. The molecule has 2 N–H and O–H groups in total. The maximum Gasteiger partial charge on any atom is 0.265 e. The molecule has 0 radical (unpaired) electrons. The van der Waals surface area contributed by atoms with Gasteiger partial charge >= 0.3 is 0 Å². The molecule has 0 saturated carbocycles. The van der Waals surface area contributed by atoms with E-state index in [1.807, 2.05) is 0 Å². The van der Waals surface area contributed by atoms with Gasteiger partial charge < -0.3 is 10.6 Å². The third kappa shape index (κ3) is 2.77. The first kappa shape index (κ1) is 14.8. The molecule has 1 heterocycles. The van der Waals surface area contributed by atoms with Crippen molar-refractivity contribution in [3.8, 4) is 0 Å². The first-order valence-corrected chi connectivity index (χ1v) is 7.59. The normalized spacial score (nSPS) is 10.9. The fourth-order valence-electron chi connectivity index (χ4n) is 2.16. The minimum atomic E-state index is -0.371. The number of hydrogen-bond donors (Lipinski definition) is 1. The molecule has 0 fully saturated rings. The molecule has 0 atom stereocenters. The Morgan fingerprint density at radius 3 is 2.80 bits per heavy atom. The Balaban J connectivity index is 2.26. The minimum absolute atomic E-state index is 0.126. The number of halogens is 1. The van der Waals surface area contributed by atoms with Crippen LogP contribution in [0.5, 0.6) is 0 Å². The van der Waals surface area contributed by atoms with E-state index in [-0.39, 0.29) is 17.4 Å². The maximum atomic E-state index is 13.8. The van der Waals surface area contributed by atoms with E-state index in [2.05, 4.69) is 6.92 Å². The number of nitrogen functional groups attached to an aromatic ring is 1. The van der Waals surface area contributed by atoms with Crippen LogP contribution in [0.4, 0.5) is 10.1 Å². The maximum absolute atomic E-state index is 13.8. The van der Waals surface area contributed by atoms with Gasteiger partial charge in [-0.15, -0.1) is 11.3 Å². The summed E-state index contributed by atoms with van der Waals surface area (Å²) in [7, 11) is 1.76. The molecule has 2 rings (SSSR count). The molecule has 0 unspecified atom stereocenters. The Morgan fingerprint density at radius 2 is 2.15 bits per heavy atom. The lowest BCUT2D eigenvalue weighted by atomic mass is 10.2. The van der Waals surface area contributed by atoms with Crippen molar-refractivity contribution in [1.82, 2.24) is 4.90 Å². The van der Waals surface area contributed by atoms with Crippen molar-refractivity contribution in [2.45, 2.75) is 26.2 Å². The van der Waals surface area contributed by atoms with E-state index in [1.165, 1.54) is 17.4 Å². The number of nitrogens with zero attached hydrogens (tertiary/aromatic N) is 1. The van der Waals surface area contributed by atoms with Gasteiger partial charge in [0.25, 0.3) is 5.91 Å². The molecule has 5 heteroatoms. The zero-order valence-corrected chi connectivity index (χ0v) is 12.6. The van der Waals surface area contributed by atoms with E-state index >= 15 is 0 Å². The highest BCUT2D eigenvalue weighted by molar-refractivity contribution is 7.21. The molecule has 0 aliphatic rings. The molecule has 1 amide bonds. The van der Waals surface area contributed by atoms with Crippen LogP contribution in [0.15, 0.2) is 18.2 Å². The van der Waals surface area contributed by atoms with E-state index in [4.69, 9.17) is 5.73 Å². The monoisotopic (exact) mass is 294 g/mol. The van der Waals surface area contributed by atoms with Gasteiger partial charge in [-0.3, -0.25) is 4.79 Å². The van der Waals surface area contributed by atoms with Crippen molar-refractivity contribution in [2.75, 3.05) is 19.3 Å². The number of benzene rings is 1. The van der Waals surface area contributed by atoms with E-state index in [9.17, 15) is 9.18 Å². The third-order valence-electron chi connectivity index (χ3n) is 3.34. The minimum Gasteiger partial charge on any atom is -0.397 e. The fraction of sp³-hybridized carbons (Fsp3) is 0.400. The van der Waals surface area contributed by atoms with Gasteiger partial charge in [0.2, 0.25) is 0 Å². The Hall–Kier alpha value is -1.62. The molecule has 0 saturated heterocycles. The highest BCUT2D eigenvalue weighted by Gasteiger charge is 2.21. The number of amides is 1. The van der Waals surface area contributed by atoms with Gasteiger partial charge in [0, 0.05) is 18.3 Å². The number of fused-ring (bicyclic) bond motifs is 1. The molecule has 1 aromatic heterocycles. The largest absolute Gasteiger partial charge is 0.397 e. The molecule has 0 aliphatic heterocycles. The van der Waals surface area contributed by atoms with Crippen LogP contribution in [0.1, 0.15) is 35.9 Å². The van der Waals surface area contributed by atoms with Crippen LogP contribution in [0.3, 0.4) is 0 Å². The van der Waals surface area contributed by atoms with Crippen LogP contribution in [-0.2, 0) is 0 Å². The van der Waals surface area contributed by atoms with Crippen LogP contribution in [-0.4, -0.2) is 24.4 Å². The molecule has 0 bridgehead atoms. The second kappa shape index (κ2) is 6.22. The van der Waals surface area contributed by atoms with Crippen molar-refractivity contribution in [1.29, 1.82) is 0 Å². The van der Waals surface area contributed by atoms with Crippen LogP contribution in [0.2, 0.25) is 0 Å². The zero-order valence-electron chi connectivity index (χ0n) is 11.8. The zero-order chi connectivity index (χ0) is 14.7. The third-order valence-corrected chi connectivity index (χ3v) is 4.50. The van der Waals surface area contributed by atoms with Crippen molar-refractivity contribution >= 4 is 33.0 Å². The van der Waals surface area contributed by atoms with Crippen LogP contribution in [0.25, 0.3) is 10.1 Å². The summed E-state index contributed by atoms with van der Waals surface area (Å²) < 4.78 is 14.5. The number of anilines is 1.